The zero-order valence-corrected chi connectivity index (χ0v) is 13.0. The quantitative estimate of drug-likeness (QED) is 0.722. The predicted molar refractivity (Wildman–Crippen MR) is 81.5 cm³/mol. The van der Waals surface area contributed by atoms with Crippen LogP contribution in [-0.4, -0.2) is 12.6 Å². The van der Waals surface area contributed by atoms with Crippen molar-refractivity contribution >= 4 is 0 Å². The Balaban J connectivity index is 1.70. The fourth-order valence-electron chi connectivity index (χ4n) is 2.95. The topological polar surface area (TPSA) is 34.4 Å². The van der Waals surface area contributed by atoms with Gasteiger partial charge in [-0.05, 0) is 43.9 Å². The molecule has 0 radical (unpaired) electrons. The van der Waals surface area contributed by atoms with E-state index < -0.39 is 0 Å². The van der Waals surface area contributed by atoms with Gasteiger partial charge in [0.15, 0.2) is 0 Å². The van der Waals surface area contributed by atoms with E-state index in [4.69, 9.17) is 9.15 Å². The maximum atomic E-state index is 6.03. The van der Waals surface area contributed by atoms with E-state index in [-0.39, 0.29) is 0 Å². The van der Waals surface area contributed by atoms with Crippen LogP contribution in [0.1, 0.15) is 63.9 Å². The molecular formula is C17H29NO2. The summed E-state index contributed by atoms with van der Waals surface area (Å²) in [5.74, 6) is 2.82. The summed E-state index contributed by atoms with van der Waals surface area (Å²) in [5, 5.41) is 3.35. The minimum atomic E-state index is 0.431. The molecule has 2 unspecified atom stereocenters. The zero-order valence-electron chi connectivity index (χ0n) is 13.0. The van der Waals surface area contributed by atoms with Crippen molar-refractivity contribution in [2.24, 2.45) is 5.92 Å². The van der Waals surface area contributed by atoms with Crippen molar-refractivity contribution in [1.82, 2.24) is 5.32 Å². The van der Waals surface area contributed by atoms with Crippen molar-refractivity contribution in [2.45, 2.75) is 71.6 Å². The van der Waals surface area contributed by atoms with Crippen LogP contribution in [0, 0.1) is 5.92 Å². The molecule has 1 saturated carbocycles. The standard InChI is InChI=1S/C17H29NO2/c1-3-10-18-12-16-8-9-17(20-16)13-19-15-7-5-6-14(4-2)11-15/h8-9,14-15,18H,3-7,10-13H2,1-2H3. The molecule has 0 aromatic carbocycles. The summed E-state index contributed by atoms with van der Waals surface area (Å²) in [6.07, 6.45) is 7.99. The molecule has 1 aromatic rings. The summed E-state index contributed by atoms with van der Waals surface area (Å²) in [4.78, 5) is 0. The van der Waals surface area contributed by atoms with Gasteiger partial charge in [0.1, 0.15) is 18.1 Å². The Hall–Kier alpha value is -0.800. The highest BCUT2D eigenvalue weighted by Crippen LogP contribution is 2.29. The Morgan fingerprint density at radius 3 is 2.90 bits per heavy atom. The van der Waals surface area contributed by atoms with Crippen molar-refractivity contribution in [3.05, 3.63) is 23.7 Å². The van der Waals surface area contributed by atoms with Crippen LogP contribution in [0.4, 0.5) is 0 Å². The minimum Gasteiger partial charge on any atom is -0.462 e. The van der Waals surface area contributed by atoms with Crippen LogP contribution in [0.15, 0.2) is 16.5 Å². The van der Waals surface area contributed by atoms with Crippen LogP contribution in [0.3, 0.4) is 0 Å². The summed E-state index contributed by atoms with van der Waals surface area (Å²) < 4.78 is 11.8. The maximum absolute atomic E-state index is 6.03. The van der Waals surface area contributed by atoms with Crippen molar-refractivity contribution < 1.29 is 9.15 Å². The van der Waals surface area contributed by atoms with Gasteiger partial charge in [-0.3, -0.25) is 0 Å². The second-order valence-electron chi connectivity index (χ2n) is 5.92. The van der Waals surface area contributed by atoms with Gasteiger partial charge < -0.3 is 14.5 Å². The summed E-state index contributed by atoms with van der Waals surface area (Å²) >= 11 is 0. The van der Waals surface area contributed by atoms with E-state index in [1.165, 1.54) is 32.1 Å². The molecule has 1 aliphatic carbocycles. The molecule has 0 amide bonds. The fourth-order valence-corrected chi connectivity index (χ4v) is 2.95. The zero-order chi connectivity index (χ0) is 14.2. The largest absolute Gasteiger partial charge is 0.462 e. The molecule has 1 aromatic heterocycles. The SMILES string of the molecule is CCCNCc1ccc(COC2CCCC(CC)C2)o1. The van der Waals surface area contributed by atoms with Gasteiger partial charge in [0, 0.05) is 0 Å². The summed E-state index contributed by atoms with van der Waals surface area (Å²) in [7, 11) is 0. The average Bonchev–Trinajstić information content (AvgIpc) is 2.94. The molecule has 1 N–H and O–H groups in total. The van der Waals surface area contributed by atoms with Crippen LogP contribution in [0.25, 0.3) is 0 Å². The van der Waals surface area contributed by atoms with Crippen LogP contribution in [0.2, 0.25) is 0 Å². The van der Waals surface area contributed by atoms with Gasteiger partial charge in [-0.1, -0.05) is 33.1 Å². The third kappa shape index (κ3) is 4.95. The van der Waals surface area contributed by atoms with Crippen molar-refractivity contribution in [3.8, 4) is 0 Å². The second kappa shape index (κ2) is 8.48. The first-order chi connectivity index (χ1) is 9.81. The molecule has 0 spiro atoms. The lowest BCUT2D eigenvalue weighted by Gasteiger charge is -2.28. The van der Waals surface area contributed by atoms with Gasteiger partial charge in [0.2, 0.25) is 0 Å². The van der Waals surface area contributed by atoms with Crippen LogP contribution < -0.4 is 5.32 Å². The van der Waals surface area contributed by atoms with E-state index >= 15 is 0 Å². The molecule has 0 saturated heterocycles. The Bertz CT molecular complexity index is 375. The highest BCUT2D eigenvalue weighted by Gasteiger charge is 2.21. The van der Waals surface area contributed by atoms with E-state index in [2.05, 4.69) is 25.2 Å². The first-order valence-electron chi connectivity index (χ1n) is 8.21. The molecule has 3 heteroatoms. The first-order valence-corrected chi connectivity index (χ1v) is 8.21. The van der Waals surface area contributed by atoms with E-state index in [1.807, 2.05) is 6.07 Å². The molecule has 20 heavy (non-hydrogen) atoms. The Morgan fingerprint density at radius 1 is 1.25 bits per heavy atom. The molecule has 2 atom stereocenters. The molecule has 2 rings (SSSR count). The Morgan fingerprint density at radius 2 is 2.10 bits per heavy atom. The summed E-state index contributed by atoms with van der Waals surface area (Å²) in [6, 6.07) is 4.10. The molecule has 1 heterocycles. The molecule has 0 aliphatic heterocycles. The smallest absolute Gasteiger partial charge is 0.129 e. The van der Waals surface area contributed by atoms with Crippen LogP contribution in [-0.2, 0) is 17.9 Å². The van der Waals surface area contributed by atoms with E-state index in [0.717, 1.165) is 36.9 Å². The van der Waals surface area contributed by atoms with Gasteiger partial charge >= 0.3 is 0 Å². The molecular weight excluding hydrogens is 250 g/mol. The predicted octanol–water partition coefficient (Wildman–Crippen LogP) is 4.26. The lowest BCUT2D eigenvalue weighted by molar-refractivity contribution is -0.00568. The lowest BCUT2D eigenvalue weighted by Crippen LogP contribution is -2.22. The highest BCUT2D eigenvalue weighted by atomic mass is 16.5. The Kier molecular flexibility index (Phi) is 6.61. The molecule has 114 valence electrons. The molecule has 1 fully saturated rings. The Labute approximate surface area is 123 Å². The monoisotopic (exact) mass is 279 g/mol. The normalized spacial score (nSPS) is 23.1. The third-order valence-electron chi connectivity index (χ3n) is 4.22. The highest BCUT2D eigenvalue weighted by molar-refractivity contribution is 5.06. The third-order valence-corrected chi connectivity index (χ3v) is 4.22. The van der Waals surface area contributed by atoms with E-state index in [9.17, 15) is 0 Å². The summed E-state index contributed by atoms with van der Waals surface area (Å²) in [5.41, 5.74) is 0. The van der Waals surface area contributed by atoms with Crippen LogP contribution in [0.5, 0.6) is 0 Å². The molecule has 0 bridgehead atoms. The number of furan rings is 1. The minimum absolute atomic E-state index is 0.431. The van der Waals surface area contributed by atoms with E-state index in [0.29, 0.717) is 12.7 Å². The van der Waals surface area contributed by atoms with Gasteiger partial charge in [0.25, 0.3) is 0 Å². The molecule has 3 nitrogen and oxygen atoms in total. The van der Waals surface area contributed by atoms with Crippen molar-refractivity contribution in [3.63, 3.8) is 0 Å². The number of hydrogen-bond donors (Lipinski definition) is 1. The first kappa shape index (κ1) is 15.6. The summed E-state index contributed by atoms with van der Waals surface area (Å²) in [6.45, 7) is 6.92. The van der Waals surface area contributed by atoms with Crippen molar-refractivity contribution in [1.29, 1.82) is 0 Å². The van der Waals surface area contributed by atoms with Gasteiger partial charge in [-0.2, -0.15) is 0 Å². The van der Waals surface area contributed by atoms with Crippen molar-refractivity contribution in [2.75, 3.05) is 6.54 Å². The average molecular weight is 279 g/mol. The fraction of sp³-hybridized carbons (Fsp3) is 0.765. The maximum Gasteiger partial charge on any atom is 0.129 e. The molecule has 1 aliphatic rings. The lowest BCUT2D eigenvalue weighted by atomic mass is 9.85. The van der Waals surface area contributed by atoms with E-state index in [1.54, 1.807) is 0 Å². The number of hydrogen-bond acceptors (Lipinski definition) is 3. The number of rotatable bonds is 8. The van der Waals surface area contributed by atoms with Crippen LogP contribution >= 0.6 is 0 Å². The van der Waals surface area contributed by atoms with Gasteiger partial charge in [0.05, 0.1) is 12.6 Å². The van der Waals surface area contributed by atoms with Gasteiger partial charge in [-0.25, -0.2) is 0 Å². The van der Waals surface area contributed by atoms with Gasteiger partial charge in [-0.15, -0.1) is 0 Å². The number of nitrogens with one attached hydrogen (secondary N) is 1. The second-order valence-corrected chi connectivity index (χ2v) is 5.92. The number of ether oxygens (including phenoxy) is 1.